The van der Waals surface area contributed by atoms with Crippen LogP contribution in [0.25, 0.3) is 22.4 Å². The van der Waals surface area contributed by atoms with E-state index >= 15 is 0 Å². The number of nitrogens with one attached hydrogen (secondary N) is 1. The molecule has 0 radical (unpaired) electrons. The highest BCUT2D eigenvalue weighted by atomic mass is 15.2. The van der Waals surface area contributed by atoms with Crippen molar-refractivity contribution in [3.8, 4) is 11.4 Å². The first-order valence-corrected chi connectivity index (χ1v) is 7.50. The minimum Gasteiger partial charge on any atom is -0.353 e. The highest BCUT2D eigenvalue weighted by Gasteiger charge is 2.24. The molecule has 3 heterocycles. The van der Waals surface area contributed by atoms with Gasteiger partial charge in [-0.3, -0.25) is 0 Å². The van der Waals surface area contributed by atoms with Crippen molar-refractivity contribution in [1.82, 2.24) is 15.0 Å². The summed E-state index contributed by atoms with van der Waals surface area (Å²) in [6.45, 7) is 3.35. The maximum atomic E-state index is 4.87. The van der Waals surface area contributed by atoms with Crippen molar-refractivity contribution in [1.29, 1.82) is 0 Å². The molecule has 1 atom stereocenters. The summed E-state index contributed by atoms with van der Waals surface area (Å²) in [6, 6.07) is 12.8. The zero-order chi connectivity index (χ0) is 14.2. The number of hydrogen-bond acceptors (Lipinski definition) is 3. The van der Waals surface area contributed by atoms with Gasteiger partial charge in [-0.2, -0.15) is 0 Å². The average Bonchev–Trinajstić information content (AvgIpc) is 3.15. The lowest BCUT2D eigenvalue weighted by Gasteiger charge is -2.23. The number of rotatable bonds is 2. The van der Waals surface area contributed by atoms with Crippen molar-refractivity contribution in [2.45, 2.75) is 25.8 Å². The van der Waals surface area contributed by atoms with Gasteiger partial charge in [-0.25, -0.2) is 9.97 Å². The number of benzene rings is 1. The molecular weight excluding hydrogens is 260 g/mol. The maximum absolute atomic E-state index is 4.87. The molecule has 3 aromatic rings. The van der Waals surface area contributed by atoms with Gasteiger partial charge in [-0.15, -0.1) is 0 Å². The first-order chi connectivity index (χ1) is 10.3. The second-order valence-corrected chi connectivity index (χ2v) is 5.66. The van der Waals surface area contributed by atoms with E-state index in [9.17, 15) is 0 Å². The Kier molecular flexibility index (Phi) is 2.88. The predicted molar refractivity (Wildman–Crippen MR) is 85.4 cm³/mol. The third-order valence-electron chi connectivity index (χ3n) is 4.25. The maximum Gasteiger partial charge on any atom is 0.163 e. The fraction of sp³-hybridized carbons (Fsp3) is 0.294. The highest BCUT2D eigenvalue weighted by Crippen LogP contribution is 2.31. The average molecular weight is 278 g/mol. The second kappa shape index (κ2) is 4.88. The topological polar surface area (TPSA) is 44.8 Å². The van der Waals surface area contributed by atoms with Crippen LogP contribution in [0.5, 0.6) is 0 Å². The third kappa shape index (κ3) is 2.07. The number of anilines is 1. The summed E-state index contributed by atoms with van der Waals surface area (Å²) in [7, 11) is 0. The van der Waals surface area contributed by atoms with Crippen molar-refractivity contribution >= 4 is 16.9 Å². The SMILES string of the molecule is C[C@H]1CCCN1c1nc(-c2ccccc2)nc2[nH]ccc12. The van der Waals surface area contributed by atoms with Crippen molar-refractivity contribution < 1.29 is 0 Å². The van der Waals surface area contributed by atoms with Gasteiger partial charge < -0.3 is 9.88 Å². The summed E-state index contributed by atoms with van der Waals surface area (Å²) in [6.07, 6.45) is 4.41. The van der Waals surface area contributed by atoms with Crippen LogP contribution in [0.4, 0.5) is 5.82 Å². The summed E-state index contributed by atoms with van der Waals surface area (Å²) in [5.74, 6) is 1.85. The standard InChI is InChI=1S/C17H18N4/c1-12-6-5-11-21(12)17-14-9-10-18-16(14)19-15(20-17)13-7-3-2-4-8-13/h2-4,7-10,12H,5-6,11H2,1H3,(H,18,19,20)/t12-/m0/s1. The van der Waals surface area contributed by atoms with Crippen LogP contribution < -0.4 is 4.90 Å². The molecule has 1 saturated heterocycles. The fourth-order valence-electron chi connectivity index (χ4n) is 3.11. The van der Waals surface area contributed by atoms with Crippen LogP contribution >= 0.6 is 0 Å². The summed E-state index contributed by atoms with van der Waals surface area (Å²) in [4.78, 5) is 15.2. The number of H-pyrrole nitrogens is 1. The molecule has 106 valence electrons. The molecule has 1 aliphatic rings. The van der Waals surface area contributed by atoms with E-state index in [0.717, 1.165) is 34.8 Å². The minimum atomic E-state index is 0.543. The molecular formula is C17H18N4. The Balaban J connectivity index is 1.90. The van der Waals surface area contributed by atoms with Gasteiger partial charge in [0.05, 0.1) is 5.39 Å². The van der Waals surface area contributed by atoms with Crippen LogP contribution in [0.2, 0.25) is 0 Å². The molecule has 0 aliphatic carbocycles. The van der Waals surface area contributed by atoms with Gasteiger partial charge in [-0.05, 0) is 25.8 Å². The van der Waals surface area contributed by atoms with Gasteiger partial charge in [0.25, 0.3) is 0 Å². The number of aromatic nitrogens is 3. The van der Waals surface area contributed by atoms with Gasteiger partial charge in [0.15, 0.2) is 5.82 Å². The van der Waals surface area contributed by atoms with E-state index in [-0.39, 0.29) is 0 Å². The first kappa shape index (κ1) is 12.4. The molecule has 1 N–H and O–H groups in total. The second-order valence-electron chi connectivity index (χ2n) is 5.66. The Labute approximate surface area is 123 Å². The van der Waals surface area contributed by atoms with Crippen molar-refractivity contribution in [3.63, 3.8) is 0 Å². The molecule has 0 bridgehead atoms. The summed E-state index contributed by atoms with van der Waals surface area (Å²) < 4.78 is 0. The largest absolute Gasteiger partial charge is 0.353 e. The summed E-state index contributed by atoms with van der Waals surface area (Å²) in [5, 5.41) is 1.11. The van der Waals surface area contributed by atoms with E-state index in [1.807, 2.05) is 24.4 Å². The Morgan fingerprint density at radius 2 is 2.00 bits per heavy atom. The van der Waals surface area contributed by atoms with E-state index in [0.29, 0.717) is 6.04 Å². The Bertz CT molecular complexity index is 763. The number of nitrogens with zero attached hydrogens (tertiary/aromatic N) is 3. The third-order valence-corrected chi connectivity index (χ3v) is 4.25. The molecule has 0 spiro atoms. The molecule has 0 amide bonds. The first-order valence-electron chi connectivity index (χ1n) is 7.50. The van der Waals surface area contributed by atoms with E-state index in [4.69, 9.17) is 4.98 Å². The van der Waals surface area contributed by atoms with E-state index in [2.05, 4.69) is 40.0 Å². The Morgan fingerprint density at radius 1 is 1.14 bits per heavy atom. The van der Waals surface area contributed by atoms with Crippen LogP contribution in [0.15, 0.2) is 42.6 Å². The van der Waals surface area contributed by atoms with Crippen molar-refractivity contribution in [2.24, 2.45) is 0 Å². The molecule has 0 saturated carbocycles. The monoisotopic (exact) mass is 278 g/mol. The molecule has 4 nitrogen and oxygen atoms in total. The van der Waals surface area contributed by atoms with Gasteiger partial charge in [0.2, 0.25) is 0 Å². The molecule has 1 fully saturated rings. The van der Waals surface area contributed by atoms with Gasteiger partial charge in [0.1, 0.15) is 11.5 Å². The molecule has 4 heteroatoms. The van der Waals surface area contributed by atoms with Crippen LogP contribution in [0, 0.1) is 0 Å². The van der Waals surface area contributed by atoms with Crippen LogP contribution in [-0.4, -0.2) is 27.5 Å². The molecule has 2 aromatic heterocycles. The lowest BCUT2D eigenvalue weighted by atomic mass is 10.2. The lowest BCUT2D eigenvalue weighted by Crippen LogP contribution is -2.27. The zero-order valence-electron chi connectivity index (χ0n) is 12.1. The van der Waals surface area contributed by atoms with Crippen molar-refractivity contribution in [3.05, 3.63) is 42.6 Å². The molecule has 4 rings (SSSR count). The van der Waals surface area contributed by atoms with Gasteiger partial charge in [0, 0.05) is 24.3 Å². The number of fused-ring (bicyclic) bond motifs is 1. The summed E-state index contributed by atoms with van der Waals surface area (Å²) >= 11 is 0. The zero-order valence-corrected chi connectivity index (χ0v) is 12.1. The normalized spacial score (nSPS) is 18.5. The molecule has 0 unspecified atom stereocenters. The van der Waals surface area contributed by atoms with Gasteiger partial charge in [-0.1, -0.05) is 30.3 Å². The van der Waals surface area contributed by atoms with Gasteiger partial charge >= 0.3 is 0 Å². The minimum absolute atomic E-state index is 0.543. The lowest BCUT2D eigenvalue weighted by molar-refractivity contribution is 0.729. The number of hydrogen-bond donors (Lipinski definition) is 1. The van der Waals surface area contributed by atoms with Crippen LogP contribution in [0.3, 0.4) is 0 Å². The Morgan fingerprint density at radius 3 is 2.76 bits per heavy atom. The molecule has 1 aliphatic heterocycles. The van der Waals surface area contributed by atoms with Crippen molar-refractivity contribution in [2.75, 3.05) is 11.4 Å². The Hall–Kier alpha value is -2.36. The van der Waals surface area contributed by atoms with E-state index < -0.39 is 0 Å². The molecule has 1 aromatic carbocycles. The molecule has 21 heavy (non-hydrogen) atoms. The summed E-state index contributed by atoms with van der Waals surface area (Å²) in [5.41, 5.74) is 1.97. The predicted octanol–water partition coefficient (Wildman–Crippen LogP) is 3.61. The van der Waals surface area contributed by atoms with E-state index in [1.165, 1.54) is 12.8 Å². The smallest absolute Gasteiger partial charge is 0.163 e. The highest BCUT2D eigenvalue weighted by molar-refractivity contribution is 5.89. The van der Waals surface area contributed by atoms with Crippen LogP contribution in [0.1, 0.15) is 19.8 Å². The fourth-order valence-corrected chi connectivity index (χ4v) is 3.11. The number of aromatic amines is 1. The quantitative estimate of drug-likeness (QED) is 0.778. The van der Waals surface area contributed by atoms with E-state index in [1.54, 1.807) is 0 Å². The van der Waals surface area contributed by atoms with Crippen LogP contribution in [-0.2, 0) is 0 Å².